The second-order valence-corrected chi connectivity index (χ2v) is 2.96. The number of nitrogens with one attached hydrogen (secondary N) is 2. The quantitative estimate of drug-likeness (QED) is 0.573. The number of carbonyl (C=O) groups excluding carboxylic acids is 1. The fourth-order valence-electron chi connectivity index (χ4n) is 1.01. The van der Waals surface area contributed by atoms with Crippen LogP contribution in [0.4, 0.5) is 5.95 Å². The lowest BCUT2D eigenvalue weighted by molar-refractivity contribution is -0.117. The summed E-state index contributed by atoms with van der Waals surface area (Å²) in [6, 6.07) is -0.524. The lowest BCUT2D eigenvalue weighted by Gasteiger charge is -2.09. The zero-order valence-corrected chi connectivity index (χ0v) is 10.6. The molecule has 0 radical (unpaired) electrons. The van der Waals surface area contributed by atoms with Crippen molar-refractivity contribution in [3.05, 3.63) is 12.4 Å². The highest BCUT2D eigenvalue weighted by molar-refractivity contribution is 14.0. The normalized spacial score (nSPS) is 11.6. The highest BCUT2D eigenvalue weighted by Gasteiger charge is 2.13. The molecule has 0 aliphatic heterocycles. The van der Waals surface area contributed by atoms with Crippen LogP contribution in [-0.2, 0) is 4.79 Å². The van der Waals surface area contributed by atoms with Gasteiger partial charge < -0.3 is 16.5 Å². The Kier molecular flexibility index (Phi) is 7.26. The van der Waals surface area contributed by atoms with Gasteiger partial charge in [-0.2, -0.15) is 0 Å². The molecule has 1 rings (SSSR count). The lowest BCUT2D eigenvalue weighted by Crippen LogP contribution is -2.36. The molecular formula is C8H16IN5O. The second-order valence-electron chi connectivity index (χ2n) is 2.96. The number of nitrogens with two attached hydrogens (primary N) is 2. The number of aromatic nitrogens is 2. The van der Waals surface area contributed by atoms with E-state index < -0.39 is 6.04 Å². The molecule has 0 spiro atoms. The number of amides is 1. The van der Waals surface area contributed by atoms with Crippen LogP contribution in [-0.4, -0.2) is 28.5 Å². The number of H-pyrrole nitrogens is 1. The van der Waals surface area contributed by atoms with E-state index in [0.29, 0.717) is 18.9 Å². The van der Waals surface area contributed by atoms with Gasteiger partial charge in [0.1, 0.15) is 0 Å². The molecule has 6 N–H and O–H groups in total. The van der Waals surface area contributed by atoms with Crippen LogP contribution in [0.1, 0.15) is 12.8 Å². The van der Waals surface area contributed by atoms with E-state index in [2.05, 4.69) is 15.3 Å². The van der Waals surface area contributed by atoms with Gasteiger partial charge in [-0.3, -0.25) is 10.1 Å². The summed E-state index contributed by atoms with van der Waals surface area (Å²) in [6.07, 6.45) is 4.51. The van der Waals surface area contributed by atoms with E-state index in [0.717, 1.165) is 6.42 Å². The van der Waals surface area contributed by atoms with Gasteiger partial charge in [-0.15, -0.1) is 24.0 Å². The molecule has 0 saturated carbocycles. The number of nitrogens with zero attached hydrogens (tertiary/aromatic N) is 1. The Morgan fingerprint density at radius 1 is 1.67 bits per heavy atom. The van der Waals surface area contributed by atoms with E-state index in [4.69, 9.17) is 11.5 Å². The third-order valence-corrected chi connectivity index (χ3v) is 1.80. The van der Waals surface area contributed by atoms with Gasteiger partial charge in [0.15, 0.2) is 0 Å². The number of hydrogen-bond donors (Lipinski definition) is 4. The van der Waals surface area contributed by atoms with Crippen molar-refractivity contribution in [2.45, 2.75) is 18.9 Å². The molecule has 1 aromatic rings. The predicted molar refractivity (Wildman–Crippen MR) is 68.9 cm³/mol. The van der Waals surface area contributed by atoms with Crippen molar-refractivity contribution in [3.8, 4) is 0 Å². The summed E-state index contributed by atoms with van der Waals surface area (Å²) < 4.78 is 0. The molecule has 7 heteroatoms. The largest absolute Gasteiger partial charge is 0.331 e. The number of carbonyl (C=O) groups is 1. The summed E-state index contributed by atoms with van der Waals surface area (Å²) in [4.78, 5) is 18.0. The third-order valence-electron chi connectivity index (χ3n) is 1.80. The summed E-state index contributed by atoms with van der Waals surface area (Å²) in [5, 5.41) is 2.56. The molecule has 6 nitrogen and oxygen atoms in total. The molecule has 0 fully saturated rings. The molecule has 15 heavy (non-hydrogen) atoms. The Hall–Kier alpha value is -0.670. The molecule has 0 aromatic carbocycles. The number of aromatic amines is 1. The van der Waals surface area contributed by atoms with E-state index in [9.17, 15) is 4.79 Å². The van der Waals surface area contributed by atoms with Crippen LogP contribution in [0.15, 0.2) is 12.4 Å². The Labute approximate surface area is 105 Å². The molecule has 1 aromatic heterocycles. The standard InChI is InChI=1S/C8H15N5O.HI/c9-3-1-2-6(10)7(14)13-8-11-4-5-12-8;/h4-6H,1-3,9-10H2,(H2,11,12,13,14);1H/t6-;/m0./s1. The zero-order valence-electron chi connectivity index (χ0n) is 8.27. The van der Waals surface area contributed by atoms with Gasteiger partial charge in [0.05, 0.1) is 6.04 Å². The van der Waals surface area contributed by atoms with Crippen molar-refractivity contribution in [2.75, 3.05) is 11.9 Å². The Bertz CT molecular complexity index is 277. The first-order chi connectivity index (χ1) is 6.74. The molecule has 0 bridgehead atoms. The van der Waals surface area contributed by atoms with Crippen LogP contribution in [0, 0.1) is 0 Å². The van der Waals surface area contributed by atoms with E-state index >= 15 is 0 Å². The highest BCUT2D eigenvalue weighted by Crippen LogP contribution is 1.99. The van der Waals surface area contributed by atoms with Crippen molar-refractivity contribution in [2.24, 2.45) is 11.5 Å². The lowest BCUT2D eigenvalue weighted by atomic mass is 10.1. The second kappa shape index (κ2) is 7.60. The van der Waals surface area contributed by atoms with Gasteiger partial charge >= 0.3 is 0 Å². The summed E-state index contributed by atoms with van der Waals surface area (Å²) >= 11 is 0. The van der Waals surface area contributed by atoms with Crippen LogP contribution in [0.3, 0.4) is 0 Å². The van der Waals surface area contributed by atoms with Gasteiger partial charge in [-0.05, 0) is 19.4 Å². The fraction of sp³-hybridized carbons (Fsp3) is 0.500. The predicted octanol–water partition coefficient (Wildman–Crippen LogP) is 0.0324. The number of halogens is 1. The highest BCUT2D eigenvalue weighted by atomic mass is 127. The average molecular weight is 325 g/mol. The molecular weight excluding hydrogens is 309 g/mol. The maximum absolute atomic E-state index is 11.4. The first-order valence-electron chi connectivity index (χ1n) is 4.50. The summed E-state index contributed by atoms with van der Waals surface area (Å²) in [5.41, 5.74) is 10.9. The van der Waals surface area contributed by atoms with E-state index in [1.807, 2.05) is 0 Å². The van der Waals surface area contributed by atoms with Crippen molar-refractivity contribution in [1.29, 1.82) is 0 Å². The van der Waals surface area contributed by atoms with Gasteiger partial charge in [0, 0.05) is 12.4 Å². The minimum atomic E-state index is -0.524. The summed E-state index contributed by atoms with van der Waals surface area (Å²) in [5.74, 6) is 0.173. The molecule has 0 unspecified atom stereocenters. The molecule has 86 valence electrons. The number of imidazole rings is 1. The minimum absolute atomic E-state index is 0. The Balaban J connectivity index is 0.00000196. The monoisotopic (exact) mass is 325 g/mol. The van der Waals surface area contributed by atoms with Gasteiger partial charge in [-0.25, -0.2) is 4.98 Å². The van der Waals surface area contributed by atoms with E-state index in [1.165, 1.54) is 0 Å². The number of hydrogen-bond acceptors (Lipinski definition) is 4. The molecule has 1 atom stereocenters. The fourth-order valence-corrected chi connectivity index (χ4v) is 1.01. The van der Waals surface area contributed by atoms with Gasteiger partial charge in [-0.1, -0.05) is 0 Å². The van der Waals surface area contributed by atoms with Crippen LogP contribution < -0.4 is 16.8 Å². The third kappa shape index (κ3) is 5.09. The average Bonchev–Trinajstić information content (AvgIpc) is 2.66. The van der Waals surface area contributed by atoms with Crippen molar-refractivity contribution < 1.29 is 4.79 Å². The maximum atomic E-state index is 11.4. The molecule has 0 aliphatic carbocycles. The van der Waals surface area contributed by atoms with Gasteiger partial charge in [0.25, 0.3) is 0 Å². The smallest absolute Gasteiger partial charge is 0.243 e. The van der Waals surface area contributed by atoms with Crippen molar-refractivity contribution in [1.82, 2.24) is 9.97 Å². The zero-order chi connectivity index (χ0) is 10.4. The van der Waals surface area contributed by atoms with E-state index in [1.54, 1.807) is 12.4 Å². The Morgan fingerprint density at radius 3 is 2.93 bits per heavy atom. The molecule has 0 saturated heterocycles. The summed E-state index contributed by atoms with van der Waals surface area (Å²) in [6.45, 7) is 0.543. The number of anilines is 1. The topological polar surface area (TPSA) is 110 Å². The van der Waals surface area contributed by atoms with Gasteiger partial charge in [0.2, 0.25) is 11.9 Å². The Morgan fingerprint density at radius 2 is 2.40 bits per heavy atom. The maximum Gasteiger partial charge on any atom is 0.243 e. The van der Waals surface area contributed by atoms with Crippen LogP contribution in [0.25, 0.3) is 0 Å². The summed E-state index contributed by atoms with van der Waals surface area (Å²) in [7, 11) is 0. The van der Waals surface area contributed by atoms with Crippen molar-refractivity contribution in [3.63, 3.8) is 0 Å². The van der Waals surface area contributed by atoms with Crippen LogP contribution in [0.2, 0.25) is 0 Å². The van der Waals surface area contributed by atoms with Crippen molar-refractivity contribution >= 4 is 35.8 Å². The molecule has 1 amide bonds. The van der Waals surface area contributed by atoms with Crippen LogP contribution >= 0.6 is 24.0 Å². The molecule has 0 aliphatic rings. The van der Waals surface area contributed by atoms with Crippen LogP contribution in [0.5, 0.6) is 0 Å². The molecule has 1 heterocycles. The SMILES string of the molecule is I.NCCC[C@H](N)C(=O)Nc1ncc[nH]1. The van der Waals surface area contributed by atoms with E-state index in [-0.39, 0.29) is 29.9 Å². The first-order valence-corrected chi connectivity index (χ1v) is 4.50. The minimum Gasteiger partial charge on any atom is -0.331 e. The number of rotatable bonds is 5. The first kappa shape index (κ1) is 14.3.